The number of hydrogen-bond acceptors (Lipinski definition) is 5. The molecule has 122 valence electrons. The lowest BCUT2D eigenvalue weighted by molar-refractivity contribution is -0.173. The second-order valence-corrected chi connectivity index (χ2v) is 5.42. The molecule has 0 saturated heterocycles. The molecule has 1 heterocycles. The van der Waals surface area contributed by atoms with Crippen LogP contribution in [0.2, 0.25) is 0 Å². The summed E-state index contributed by atoms with van der Waals surface area (Å²) in [5.74, 6) is -2.82. The standard InChI is InChI=1S/C16H18N2O5/c1-4-9(2)13(17-10(3)19)16(22)23-18-14(20)11-7-5-6-8-12(11)15(18)21/h5-9,13H,4H2,1-3H3,(H,17,19)/t9-,13-/m0/s1. The number of hydrogen-bond donors (Lipinski definition) is 1. The van der Waals surface area contributed by atoms with Crippen molar-refractivity contribution in [3.63, 3.8) is 0 Å². The highest BCUT2D eigenvalue weighted by Crippen LogP contribution is 2.23. The van der Waals surface area contributed by atoms with Gasteiger partial charge in [0.2, 0.25) is 5.91 Å². The molecule has 7 nitrogen and oxygen atoms in total. The molecule has 1 N–H and O–H groups in total. The van der Waals surface area contributed by atoms with Gasteiger partial charge in [0.05, 0.1) is 11.1 Å². The van der Waals surface area contributed by atoms with Gasteiger partial charge in [0.15, 0.2) is 0 Å². The van der Waals surface area contributed by atoms with Crippen LogP contribution in [0.15, 0.2) is 24.3 Å². The summed E-state index contributed by atoms with van der Waals surface area (Å²) in [6.45, 7) is 4.91. The summed E-state index contributed by atoms with van der Waals surface area (Å²) in [7, 11) is 0. The Hall–Kier alpha value is -2.70. The fourth-order valence-electron chi connectivity index (χ4n) is 2.28. The molecule has 0 radical (unpaired) electrons. The first kappa shape index (κ1) is 16.7. The van der Waals surface area contributed by atoms with E-state index in [9.17, 15) is 19.2 Å². The van der Waals surface area contributed by atoms with Crippen LogP contribution in [-0.4, -0.2) is 34.8 Å². The van der Waals surface area contributed by atoms with Crippen molar-refractivity contribution >= 4 is 23.7 Å². The van der Waals surface area contributed by atoms with E-state index in [1.54, 1.807) is 19.1 Å². The molecule has 0 unspecified atom stereocenters. The first-order valence-corrected chi connectivity index (χ1v) is 7.33. The van der Waals surface area contributed by atoms with Gasteiger partial charge in [0.25, 0.3) is 11.8 Å². The van der Waals surface area contributed by atoms with Gasteiger partial charge in [-0.3, -0.25) is 14.4 Å². The van der Waals surface area contributed by atoms with Gasteiger partial charge in [-0.25, -0.2) is 4.79 Å². The summed E-state index contributed by atoms with van der Waals surface area (Å²) in [6, 6.07) is 5.29. The number of nitrogens with zero attached hydrogens (tertiary/aromatic N) is 1. The highest BCUT2D eigenvalue weighted by Gasteiger charge is 2.40. The quantitative estimate of drug-likeness (QED) is 0.826. The van der Waals surface area contributed by atoms with Crippen LogP contribution in [0.1, 0.15) is 47.9 Å². The minimum atomic E-state index is -0.929. The molecular formula is C16H18N2O5. The number of imide groups is 1. The third-order valence-electron chi connectivity index (χ3n) is 3.76. The van der Waals surface area contributed by atoms with Gasteiger partial charge in [-0.2, -0.15) is 0 Å². The Bertz CT molecular complexity index is 635. The van der Waals surface area contributed by atoms with Crippen LogP contribution in [0, 0.1) is 5.92 Å². The zero-order valence-electron chi connectivity index (χ0n) is 13.2. The van der Waals surface area contributed by atoms with E-state index in [0.717, 1.165) is 0 Å². The van der Waals surface area contributed by atoms with Crippen molar-refractivity contribution in [2.75, 3.05) is 0 Å². The number of carbonyl (C=O) groups is 4. The van der Waals surface area contributed by atoms with Crippen molar-refractivity contribution in [1.29, 1.82) is 0 Å². The van der Waals surface area contributed by atoms with Crippen LogP contribution in [0.25, 0.3) is 0 Å². The molecule has 1 aromatic carbocycles. The average Bonchev–Trinajstić information content (AvgIpc) is 2.77. The van der Waals surface area contributed by atoms with E-state index in [0.29, 0.717) is 11.5 Å². The largest absolute Gasteiger partial charge is 0.355 e. The highest BCUT2D eigenvalue weighted by atomic mass is 16.7. The number of hydroxylamine groups is 2. The van der Waals surface area contributed by atoms with E-state index in [2.05, 4.69) is 5.32 Å². The van der Waals surface area contributed by atoms with Crippen LogP contribution in [0.3, 0.4) is 0 Å². The van der Waals surface area contributed by atoms with Gasteiger partial charge in [-0.15, -0.1) is 0 Å². The Kier molecular flexibility index (Phi) is 4.78. The SMILES string of the molecule is CC[C@H](C)[C@H](NC(C)=O)C(=O)ON1C(=O)c2ccccc2C1=O. The predicted molar refractivity (Wildman–Crippen MR) is 80.1 cm³/mol. The van der Waals surface area contributed by atoms with Gasteiger partial charge in [-0.05, 0) is 18.1 Å². The number of carbonyl (C=O) groups excluding carboxylic acids is 4. The Balaban J connectivity index is 2.18. The fourth-order valence-corrected chi connectivity index (χ4v) is 2.28. The van der Waals surface area contributed by atoms with E-state index in [1.165, 1.54) is 19.1 Å². The molecular weight excluding hydrogens is 300 g/mol. The Morgan fingerprint density at radius 2 is 1.70 bits per heavy atom. The maximum Gasteiger partial charge on any atom is 0.355 e. The molecule has 1 aliphatic rings. The monoisotopic (exact) mass is 318 g/mol. The maximum absolute atomic E-state index is 12.3. The molecule has 7 heteroatoms. The summed E-state index contributed by atoms with van der Waals surface area (Å²) in [5, 5.41) is 2.94. The zero-order chi connectivity index (χ0) is 17.1. The molecule has 2 rings (SSSR count). The molecule has 0 aromatic heterocycles. The van der Waals surface area contributed by atoms with Crippen LogP contribution in [0.4, 0.5) is 0 Å². The average molecular weight is 318 g/mol. The lowest BCUT2D eigenvalue weighted by Gasteiger charge is -2.23. The lowest BCUT2D eigenvalue weighted by atomic mass is 9.99. The molecule has 1 aromatic rings. The molecule has 0 aliphatic carbocycles. The Morgan fingerprint density at radius 1 is 1.17 bits per heavy atom. The van der Waals surface area contributed by atoms with Gasteiger partial charge in [-0.1, -0.05) is 37.5 Å². The van der Waals surface area contributed by atoms with Crippen molar-refractivity contribution < 1.29 is 24.0 Å². The van der Waals surface area contributed by atoms with Gasteiger partial charge >= 0.3 is 5.97 Å². The van der Waals surface area contributed by atoms with Crippen molar-refractivity contribution in [1.82, 2.24) is 10.4 Å². The molecule has 23 heavy (non-hydrogen) atoms. The van der Waals surface area contributed by atoms with Crippen LogP contribution in [-0.2, 0) is 14.4 Å². The Labute approximate surface area is 133 Å². The van der Waals surface area contributed by atoms with E-state index in [1.807, 2.05) is 6.92 Å². The number of nitrogens with one attached hydrogen (secondary N) is 1. The van der Waals surface area contributed by atoms with Crippen molar-refractivity contribution in [3.05, 3.63) is 35.4 Å². The van der Waals surface area contributed by atoms with Gasteiger partial charge in [0, 0.05) is 6.92 Å². The molecule has 0 fully saturated rings. The van der Waals surface area contributed by atoms with Crippen molar-refractivity contribution in [3.8, 4) is 0 Å². The number of amides is 3. The molecule has 0 saturated carbocycles. The summed E-state index contributed by atoms with van der Waals surface area (Å²) in [4.78, 5) is 52.9. The third kappa shape index (κ3) is 3.23. The fraction of sp³-hybridized carbons (Fsp3) is 0.375. The zero-order valence-corrected chi connectivity index (χ0v) is 13.2. The van der Waals surface area contributed by atoms with E-state index in [-0.39, 0.29) is 17.0 Å². The second-order valence-electron chi connectivity index (χ2n) is 5.42. The summed E-state index contributed by atoms with van der Waals surface area (Å²) >= 11 is 0. The first-order valence-electron chi connectivity index (χ1n) is 7.33. The molecule has 2 atom stereocenters. The summed E-state index contributed by atoms with van der Waals surface area (Å²) in [5.41, 5.74) is 0.370. The van der Waals surface area contributed by atoms with Crippen molar-refractivity contribution in [2.24, 2.45) is 5.92 Å². The van der Waals surface area contributed by atoms with Crippen LogP contribution >= 0.6 is 0 Å². The summed E-state index contributed by atoms with van der Waals surface area (Å²) < 4.78 is 0. The Morgan fingerprint density at radius 3 is 2.13 bits per heavy atom. The smallest absolute Gasteiger partial charge is 0.343 e. The van der Waals surface area contributed by atoms with E-state index in [4.69, 9.17) is 4.84 Å². The first-order chi connectivity index (χ1) is 10.9. The summed E-state index contributed by atoms with van der Waals surface area (Å²) in [6.07, 6.45) is 0.613. The molecule has 0 bridgehead atoms. The topological polar surface area (TPSA) is 92.8 Å². The highest BCUT2D eigenvalue weighted by molar-refractivity contribution is 6.20. The molecule has 0 spiro atoms. The molecule has 1 aliphatic heterocycles. The number of rotatable bonds is 5. The van der Waals surface area contributed by atoms with Gasteiger partial charge in [0.1, 0.15) is 6.04 Å². The van der Waals surface area contributed by atoms with Crippen LogP contribution < -0.4 is 5.32 Å². The third-order valence-corrected chi connectivity index (χ3v) is 3.76. The second kappa shape index (κ2) is 6.60. The van der Waals surface area contributed by atoms with Crippen molar-refractivity contribution in [2.45, 2.75) is 33.2 Å². The normalized spacial score (nSPS) is 15.9. The molecule has 3 amide bonds. The van der Waals surface area contributed by atoms with E-state index >= 15 is 0 Å². The minimum Gasteiger partial charge on any atom is -0.343 e. The minimum absolute atomic E-state index is 0.185. The van der Waals surface area contributed by atoms with E-state index < -0.39 is 29.7 Å². The number of fused-ring (bicyclic) bond motifs is 1. The van der Waals surface area contributed by atoms with Crippen LogP contribution in [0.5, 0.6) is 0 Å². The van der Waals surface area contributed by atoms with Gasteiger partial charge < -0.3 is 10.2 Å². The predicted octanol–water partition coefficient (Wildman–Crippen LogP) is 1.29. The number of benzene rings is 1. The lowest BCUT2D eigenvalue weighted by Crippen LogP contribution is -2.48. The maximum atomic E-state index is 12.3.